The molecule has 1 N–H and O–H groups in total. The molecule has 9 rings (SSSR count). The molecule has 0 saturated carbocycles. The number of amides is 2. The fraction of sp³-hybridized carbons (Fsp3) is 0.289. The Kier molecular flexibility index (Phi) is 8.91. The largest absolute Gasteiger partial charge is 0.497 e. The third-order valence-electron chi connectivity index (χ3n) is 12.4. The number of carbonyl (C=O) groups is 2. The molecule has 0 unspecified atom stereocenters. The molecule has 4 atom stereocenters. The molecule has 1 spiro atoms. The van der Waals surface area contributed by atoms with Gasteiger partial charge < -0.3 is 19.5 Å². The number of nitrogens with zero attached hydrogens (tertiary/aromatic N) is 5. The zero-order valence-corrected chi connectivity index (χ0v) is 33.1. The van der Waals surface area contributed by atoms with Crippen molar-refractivity contribution in [1.82, 2.24) is 15.0 Å². The van der Waals surface area contributed by atoms with Crippen molar-refractivity contribution < 1.29 is 24.2 Å². The summed E-state index contributed by atoms with van der Waals surface area (Å²) in [4.78, 5) is 33.4. The van der Waals surface area contributed by atoms with Crippen LogP contribution >= 0.6 is 0 Å². The van der Waals surface area contributed by atoms with Gasteiger partial charge >= 0.3 is 0 Å². The van der Waals surface area contributed by atoms with Gasteiger partial charge in [0, 0.05) is 48.3 Å². The van der Waals surface area contributed by atoms with Gasteiger partial charge in [-0.25, -0.2) is 0 Å². The summed E-state index contributed by atoms with van der Waals surface area (Å²) < 4.78 is 14.8. The molecule has 0 bridgehead atoms. The number of fused-ring (bicyclic) bond motifs is 2. The Bertz CT molecular complexity index is 2460. The van der Waals surface area contributed by atoms with Crippen molar-refractivity contribution in [2.75, 3.05) is 23.5 Å². The Hall–Kier alpha value is -5.62. The van der Waals surface area contributed by atoms with Gasteiger partial charge in [-0.05, 0) is 65.4 Å². The van der Waals surface area contributed by atoms with E-state index >= 15 is 4.79 Å². The Labute approximate surface area is 327 Å². The predicted octanol–water partition coefficient (Wildman–Crippen LogP) is 7.12. The molecule has 10 nitrogen and oxygen atoms in total. The molecule has 11 heteroatoms. The molecule has 3 aliphatic rings. The van der Waals surface area contributed by atoms with E-state index in [1.165, 1.54) is 5.19 Å². The van der Waals surface area contributed by atoms with Gasteiger partial charge in [0.1, 0.15) is 5.75 Å². The molecule has 2 amide bonds. The number of benzene rings is 5. The number of aromatic nitrogens is 3. The van der Waals surface area contributed by atoms with E-state index < -0.39 is 13.7 Å². The van der Waals surface area contributed by atoms with Gasteiger partial charge in [0.15, 0.2) is 5.60 Å². The minimum atomic E-state index is -2.41. The van der Waals surface area contributed by atoms with Crippen LogP contribution in [0.5, 0.6) is 5.75 Å². The highest BCUT2D eigenvalue weighted by Gasteiger charge is 2.66. The summed E-state index contributed by atoms with van der Waals surface area (Å²) in [6.07, 6.45) is 2.61. The molecule has 5 aromatic carbocycles. The first-order valence-corrected chi connectivity index (χ1v) is 22.4. The first-order chi connectivity index (χ1) is 27.1. The van der Waals surface area contributed by atoms with Gasteiger partial charge in [0.25, 0.3) is 11.8 Å². The molecular formula is C45H45N5O5Si. The molecule has 1 aromatic heterocycles. The lowest BCUT2D eigenvalue weighted by atomic mass is 9.82. The van der Waals surface area contributed by atoms with Crippen molar-refractivity contribution >= 4 is 52.9 Å². The molecule has 1 saturated heterocycles. The summed E-state index contributed by atoms with van der Waals surface area (Å²) in [7, 11) is -0.740. The van der Waals surface area contributed by atoms with Crippen LogP contribution in [0.25, 0.3) is 10.8 Å². The van der Waals surface area contributed by atoms with E-state index in [9.17, 15) is 9.90 Å². The van der Waals surface area contributed by atoms with Crippen molar-refractivity contribution in [3.8, 4) is 5.75 Å². The van der Waals surface area contributed by atoms with Crippen molar-refractivity contribution in [2.24, 2.45) is 5.92 Å². The first-order valence-electron chi connectivity index (χ1n) is 19.3. The highest BCUT2D eigenvalue weighted by Crippen LogP contribution is 2.61. The third kappa shape index (κ3) is 5.59. The van der Waals surface area contributed by atoms with Crippen molar-refractivity contribution in [2.45, 2.75) is 63.2 Å². The zero-order valence-electron chi connectivity index (χ0n) is 32.1. The van der Waals surface area contributed by atoms with E-state index in [4.69, 9.17) is 9.47 Å². The quantitative estimate of drug-likeness (QED) is 0.140. The van der Waals surface area contributed by atoms with Gasteiger partial charge in [0.2, 0.25) is 0 Å². The van der Waals surface area contributed by atoms with E-state index in [2.05, 4.69) is 42.5 Å². The van der Waals surface area contributed by atoms with Gasteiger partial charge in [0.05, 0.1) is 50.5 Å². The Morgan fingerprint density at radius 3 is 2.43 bits per heavy atom. The minimum Gasteiger partial charge on any atom is -0.497 e. The highest BCUT2D eigenvalue weighted by molar-refractivity contribution is 6.91. The number of aliphatic hydroxyl groups is 1. The molecular weight excluding hydrogens is 719 g/mol. The second kappa shape index (κ2) is 13.8. The number of hydrogen-bond donors (Lipinski definition) is 1. The Balaban J connectivity index is 1.18. The van der Waals surface area contributed by atoms with Gasteiger partial charge in [-0.3, -0.25) is 19.2 Å². The maximum Gasteiger partial charge on any atom is 0.264 e. The van der Waals surface area contributed by atoms with E-state index in [0.717, 1.165) is 44.7 Å². The summed E-state index contributed by atoms with van der Waals surface area (Å²) in [6.45, 7) is 7.86. The van der Waals surface area contributed by atoms with Crippen LogP contribution in [0.15, 0.2) is 115 Å². The van der Waals surface area contributed by atoms with Crippen LogP contribution in [0, 0.1) is 5.92 Å². The van der Waals surface area contributed by atoms with E-state index in [0.29, 0.717) is 37.2 Å². The van der Waals surface area contributed by atoms with E-state index in [1.807, 2.05) is 113 Å². The van der Waals surface area contributed by atoms with Gasteiger partial charge in [-0.15, -0.1) is 5.10 Å². The molecule has 284 valence electrons. The first kappa shape index (κ1) is 36.0. The summed E-state index contributed by atoms with van der Waals surface area (Å²) in [6, 6.07) is 36.3. The number of aliphatic hydroxyl groups excluding tert-OH is 1. The number of ether oxygens (including phenoxy) is 2. The number of carbonyl (C=O) groups excluding carboxylic acids is 2. The van der Waals surface area contributed by atoms with Crippen molar-refractivity contribution in [1.29, 1.82) is 0 Å². The standard InChI is InChI=1S/C45H45N5O5Si/c1-29-42(56(3,4)35-19-17-34(54-2)18-20-35)40(22-24-48-28-32(23-25-51)46-47-48)55-45(29)37-26-33(16-21-38(37)49(44(45)53)27-30-10-6-5-7-11-30)50-39-15-9-13-31-12-8-14-36(41(31)39)43(50)52/h5-21,26,28-29,40,42,51H,22-25,27H2,1-4H3/t29-,40+,42-,45+/m1/s1. The zero-order chi connectivity index (χ0) is 38.8. The van der Waals surface area contributed by atoms with Crippen LogP contribution in [-0.2, 0) is 34.6 Å². The average Bonchev–Trinajstić information content (AvgIpc) is 3.94. The summed E-state index contributed by atoms with van der Waals surface area (Å²) in [5.74, 6) is 0.394. The monoisotopic (exact) mass is 763 g/mol. The molecule has 1 fully saturated rings. The Morgan fingerprint density at radius 1 is 0.911 bits per heavy atom. The maximum absolute atomic E-state index is 15.5. The van der Waals surface area contributed by atoms with E-state index in [-0.39, 0.29) is 36.0 Å². The second-order valence-corrected chi connectivity index (χ2v) is 20.5. The van der Waals surface area contributed by atoms with Crippen LogP contribution in [0.1, 0.15) is 40.5 Å². The lowest BCUT2D eigenvalue weighted by molar-refractivity contribution is -0.146. The SMILES string of the molecule is COc1ccc([Si](C)(C)[C@H]2[C@H](CCn3cc(CCO)nn3)O[C@@]3(C(=O)N(Cc4ccccc4)c4ccc(N5C(=O)c6cccc7cccc5c67)cc43)[C@@H]2C)cc1. The van der Waals surface area contributed by atoms with Gasteiger partial charge in [-0.1, -0.05) is 97.1 Å². The minimum absolute atomic E-state index is 0.00143. The van der Waals surface area contributed by atoms with Crippen LogP contribution in [0.2, 0.25) is 18.6 Å². The Morgan fingerprint density at radius 2 is 1.68 bits per heavy atom. The maximum atomic E-state index is 15.5. The molecule has 56 heavy (non-hydrogen) atoms. The van der Waals surface area contributed by atoms with Crippen molar-refractivity contribution in [3.05, 3.63) is 138 Å². The second-order valence-electron chi connectivity index (χ2n) is 15.8. The van der Waals surface area contributed by atoms with Crippen LogP contribution in [-0.4, -0.2) is 59.8 Å². The van der Waals surface area contributed by atoms with Crippen LogP contribution in [0.3, 0.4) is 0 Å². The lowest BCUT2D eigenvalue weighted by Gasteiger charge is -2.37. The predicted molar refractivity (Wildman–Crippen MR) is 219 cm³/mol. The fourth-order valence-electron chi connectivity index (χ4n) is 9.74. The molecule has 0 aliphatic carbocycles. The molecule has 6 aromatic rings. The average molecular weight is 764 g/mol. The number of rotatable bonds is 11. The normalized spacial score (nSPS) is 21.5. The fourth-order valence-corrected chi connectivity index (χ4v) is 13.8. The molecule has 4 heterocycles. The molecule has 3 aliphatic heterocycles. The van der Waals surface area contributed by atoms with E-state index in [1.54, 1.807) is 12.0 Å². The summed E-state index contributed by atoms with van der Waals surface area (Å²) in [5.41, 5.74) is 4.24. The van der Waals surface area contributed by atoms with Crippen molar-refractivity contribution in [3.63, 3.8) is 0 Å². The topological polar surface area (TPSA) is 110 Å². The molecule has 0 radical (unpaired) electrons. The third-order valence-corrected chi connectivity index (χ3v) is 16.8. The lowest BCUT2D eigenvalue weighted by Crippen LogP contribution is -2.51. The highest BCUT2D eigenvalue weighted by atomic mass is 28.3. The number of anilines is 3. The number of hydrogen-bond acceptors (Lipinski definition) is 7. The smallest absolute Gasteiger partial charge is 0.264 e. The number of aryl methyl sites for hydroxylation is 1. The number of methoxy groups -OCH3 is 1. The van der Waals surface area contributed by atoms with Gasteiger partial charge in [-0.2, -0.15) is 0 Å². The van der Waals surface area contributed by atoms with Crippen LogP contribution in [0.4, 0.5) is 17.1 Å². The summed E-state index contributed by atoms with van der Waals surface area (Å²) in [5, 5.41) is 21.3. The summed E-state index contributed by atoms with van der Waals surface area (Å²) >= 11 is 0. The van der Waals surface area contributed by atoms with Crippen LogP contribution < -0.4 is 19.7 Å².